The van der Waals surface area contributed by atoms with Crippen LogP contribution in [-0.4, -0.2) is 9.97 Å². The van der Waals surface area contributed by atoms with E-state index in [1.807, 2.05) is 12.1 Å². The molecule has 0 aliphatic heterocycles. The lowest BCUT2D eigenvalue weighted by Gasteiger charge is -2.04. The Hall–Kier alpha value is -2.70. The summed E-state index contributed by atoms with van der Waals surface area (Å²) in [6.45, 7) is 2.25. The van der Waals surface area contributed by atoms with Gasteiger partial charge >= 0.3 is 0 Å². The van der Waals surface area contributed by atoms with Gasteiger partial charge in [0.25, 0.3) is 0 Å². The molecule has 0 atom stereocenters. The molecule has 0 saturated carbocycles. The van der Waals surface area contributed by atoms with E-state index in [0.717, 1.165) is 12.1 Å². The van der Waals surface area contributed by atoms with Gasteiger partial charge in [0.2, 0.25) is 5.95 Å². The van der Waals surface area contributed by atoms with E-state index in [4.69, 9.17) is 17.2 Å². The number of hydrogen-bond acceptors (Lipinski definition) is 7. The number of aryl methyl sites for hydroxylation is 1. The summed E-state index contributed by atoms with van der Waals surface area (Å²) in [6.07, 6.45) is 10.3. The fraction of sp³-hybridized carbons (Fsp3) is 0.474. The van der Waals surface area contributed by atoms with E-state index >= 15 is 0 Å². The molecular formula is C19H29N7. The number of benzene rings is 1. The van der Waals surface area contributed by atoms with Crippen LogP contribution in [-0.2, 0) is 6.42 Å². The second-order valence-corrected chi connectivity index (χ2v) is 6.44. The standard InChI is InChI=1S/C19H29N7/c1-2-3-4-5-6-7-8-9-14-10-12-15(13-11-14)25-26-16-17(20)23-19(22)24-18(16)21/h10-13H,2-9H2,1H3,(H6,20,21,22,23,24). The highest BCUT2D eigenvalue weighted by Crippen LogP contribution is 2.28. The molecular weight excluding hydrogens is 326 g/mol. The van der Waals surface area contributed by atoms with Gasteiger partial charge in [0, 0.05) is 0 Å². The van der Waals surface area contributed by atoms with E-state index in [0.29, 0.717) is 0 Å². The van der Waals surface area contributed by atoms with Gasteiger partial charge in [-0.1, -0.05) is 57.6 Å². The predicted molar refractivity (Wildman–Crippen MR) is 108 cm³/mol. The van der Waals surface area contributed by atoms with Crippen LogP contribution in [0.25, 0.3) is 0 Å². The topological polar surface area (TPSA) is 129 Å². The van der Waals surface area contributed by atoms with Crippen molar-refractivity contribution in [2.24, 2.45) is 10.2 Å². The summed E-state index contributed by atoms with van der Waals surface area (Å²) >= 11 is 0. The van der Waals surface area contributed by atoms with E-state index in [-0.39, 0.29) is 23.3 Å². The Balaban J connectivity index is 1.82. The first-order valence-corrected chi connectivity index (χ1v) is 9.29. The molecule has 26 heavy (non-hydrogen) atoms. The number of rotatable bonds is 10. The van der Waals surface area contributed by atoms with E-state index in [1.54, 1.807) is 0 Å². The number of unbranched alkanes of at least 4 members (excludes halogenated alkanes) is 6. The van der Waals surface area contributed by atoms with E-state index in [2.05, 4.69) is 39.3 Å². The Labute approximate surface area is 155 Å². The van der Waals surface area contributed by atoms with Crippen molar-refractivity contribution >= 4 is 29.0 Å². The fourth-order valence-electron chi connectivity index (χ4n) is 2.73. The molecule has 1 aromatic carbocycles. The first kappa shape index (κ1) is 19.6. The maximum Gasteiger partial charge on any atom is 0.224 e. The second kappa shape index (κ2) is 10.3. The number of nitrogen functional groups attached to an aromatic ring is 3. The minimum absolute atomic E-state index is 0.0219. The maximum absolute atomic E-state index is 5.75. The summed E-state index contributed by atoms with van der Waals surface area (Å²) in [4.78, 5) is 7.67. The molecule has 2 aromatic rings. The van der Waals surface area contributed by atoms with Crippen LogP contribution in [0.4, 0.5) is 29.0 Å². The summed E-state index contributed by atoms with van der Waals surface area (Å²) in [5, 5.41) is 8.20. The largest absolute Gasteiger partial charge is 0.382 e. The van der Waals surface area contributed by atoms with E-state index < -0.39 is 0 Å². The quantitative estimate of drug-likeness (QED) is 0.411. The highest BCUT2D eigenvalue weighted by atomic mass is 15.2. The molecule has 1 aromatic heterocycles. The molecule has 140 valence electrons. The van der Waals surface area contributed by atoms with E-state index in [1.165, 1.54) is 50.5 Å². The van der Waals surface area contributed by atoms with Crippen molar-refractivity contribution in [3.63, 3.8) is 0 Å². The highest BCUT2D eigenvalue weighted by Gasteiger charge is 2.07. The van der Waals surface area contributed by atoms with Gasteiger partial charge < -0.3 is 17.2 Å². The summed E-state index contributed by atoms with van der Waals surface area (Å²) in [5.74, 6) is 0.261. The first-order chi connectivity index (χ1) is 12.6. The molecule has 0 radical (unpaired) electrons. The molecule has 7 heteroatoms. The summed E-state index contributed by atoms with van der Waals surface area (Å²) in [6, 6.07) is 8.03. The van der Waals surface area contributed by atoms with Crippen molar-refractivity contribution in [2.45, 2.75) is 58.3 Å². The third-order valence-corrected chi connectivity index (χ3v) is 4.23. The molecule has 0 aliphatic carbocycles. The minimum Gasteiger partial charge on any atom is -0.382 e. The normalized spacial score (nSPS) is 11.3. The van der Waals surface area contributed by atoms with Gasteiger partial charge in [0.1, 0.15) is 0 Å². The van der Waals surface area contributed by atoms with Crippen LogP contribution in [0, 0.1) is 0 Å². The van der Waals surface area contributed by atoms with Crippen molar-refractivity contribution in [1.82, 2.24) is 9.97 Å². The van der Waals surface area contributed by atoms with Gasteiger partial charge in [-0.15, -0.1) is 5.11 Å². The number of azo groups is 1. The third-order valence-electron chi connectivity index (χ3n) is 4.23. The number of anilines is 3. The molecule has 0 fully saturated rings. The minimum atomic E-state index is 0.0219. The Morgan fingerprint density at radius 1 is 0.769 bits per heavy atom. The maximum atomic E-state index is 5.75. The highest BCUT2D eigenvalue weighted by molar-refractivity contribution is 5.71. The number of nitrogens with two attached hydrogens (primary N) is 3. The molecule has 0 saturated heterocycles. The van der Waals surface area contributed by atoms with Crippen LogP contribution in [0.5, 0.6) is 0 Å². The lowest BCUT2D eigenvalue weighted by Crippen LogP contribution is -2.03. The zero-order valence-corrected chi connectivity index (χ0v) is 15.5. The fourth-order valence-corrected chi connectivity index (χ4v) is 2.73. The lowest BCUT2D eigenvalue weighted by atomic mass is 10.0. The first-order valence-electron chi connectivity index (χ1n) is 9.29. The molecule has 1 heterocycles. The molecule has 0 spiro atoms. The van der Waals surface area contributed by atoms with Gasteiger partial charge in [-0.05, 0) is 30.5 Å². The average Bonchev–Trinajstić information content (AvgIpc) is 2.61. The van der Waals surface area contributed by atoms with Crippen LogP contribution < -0.4 is 17.2 Å². The smallest absolute Gasteiger partial charge is 0.224 e. The summed E-state index contributed by atoms with van der Waals surface area (Å²) in [7, 11) is 0. The molecule has 6 N–H and O–H groups in total. The molecule has 0 bridgehead atoms. The predicted octanol–water partition coefficient (Wildman–Crippen LogP) is 4.93. The van der Waals surface area contributed by atoms with Crippen LogP contribution in [0.3, 0.4) is 0 Å². The van der Waals surface area contributed by atoms with Crippen LogP contribution >= 0.6 is 0 Å². The zero-order chi connectivity index (χ0) is 18.8. The van der Waals surface area contributed by atoms with Crippen LogP contribution in [0.15, 0.2) is 34.5 Å². The lowest BCUT2D eigenvalue weighted by molar-refractivity contribution is 0.589. The SMILES string of the molecule is CCCCCCCCCc1ccc(N=Nc2c(N)nc(N)nc2N)cc1. The zero-order valence-electron chi connectivity index (χ0n) is 15.5. The Morgan fingerprint density at radius 3 is 1.96 bits per heavy atom. The van der Waals surface area contributed by atoms with Gasteiger partial charge in [-0.25, -0.2) is 0 Å². The van der Waals surface area contributed by atoms with Gasteiger partial charge in [0.05, 0.1) is 5.69 Å². The number of aromatic nitrogens is 2. The van der Waals surface area contributed by atoms with Crippen molar-refractivity contribution in [3.8, 4) is 0 Å². The van der Waals surface area contributed by atoms with Crippen molar-refractivity contribution < 1.29 is 0 Å². The van der Waals surface area contributed by atoms with Crippen molar-refractivity contribution in [1.29, 1.82) is 0 Å². The average molecular weight is 355 g/mol. The molecule has 0 amide bonds. The van der Waals surface area contributed by atoms with Gasteiger partial charge in [-0.3, -0.25) is 0 Å². The Morgan fingerprint density at radius 2 is 1.35 bits per heavy atom. The number of nitrogens with zero attached hydrogens (tertiary/aromatic N) is 4. The van der Waals surface area contributed by atoms with Crippen LogP contribution in [0.1, 0.15) is 57.4 Å². The summed E-state index contributed by atoms with van der Waals surface area (Å²) in [5.41, 5.74) is 19.3. The van der Waals surface area contributed by atoms with Crippen molar-refractivity contribution in [2.75, 3.05) is 17.2 Å². The molecule has 0 unspecified atom stereocenters. The van der Waals surface area contributed by atoms with E-state index in [9.17, 15) is 0 Å². The van der Waals surface area contributed by atoms with Gasteiger partial charge in [0.15, 0.2) is 17.3 Å². The second-order valence-electron chi connectivity index (χ2n) is 6.44. The van der Waals surface area contributed by atoms with Crippen molar-refractivity contribution in [3.05, 3.63) is 29.8 Å². The summed E-state index contributed by atoms with van der Waals surface area (Å²) < 4.78 is 0. The van der Waals surface area contributed by atoms with Crippen LogP contribution in [0.2, 0.25) is 0 Å². The third kappa shape index (κ3) is 6.31. The monoisotopic (exact) mass is 355 g/mol. The molecule has 0 aliphatic rings. The molecule has 2 rings (SSSR count). The number of hydrogen-bond donors (Lipinski definition) is 3. The Kier molecular flexibility index (Phi) is 7.79. The van der Waals surface area contributed by atoms with Gasteiger partial charge in [-0.2, -0.15) is 15.1 Å². The Bertz CT molecular complexity index is 687. The molecule has 7 nitrogen and oxygen atoms in total.